The number of nitrogens with zero attached hydrogens (tertiary/aromatic N) is 2. The summed E-state index contributed by atoms with van der Waals surface area (Å²) in [6.45, 7) is 3.83. The molecule has 0 radical (unpaired) electrons. The molecule has 1 aromatic heterocycles. The summed E-state index contributed by atoms with van der Waals surface area (Å²) in [5.74, 6) is -1.09. The zero-order valence-corrected chi connectivity index (χ0v) is 11.2. The molecule has 1 aromatic carbocycles. The van der Waals surface area contributed by atoms with Crippen molar-refractivity contribution < 1.29 is 8.78 Å². The van der Waals surface area contributed by atoms with Gasteiger partial charge in [0.25, 0.3) is 0 Å². The molecule has 0 bridgehead atoms. The molecule has 2 atom stereocenters. The lowest BCUT2D eigenvalue weighted by Gasteiger charge is -2.20. The van der Waals surface area contributed by atoms with Crippen LogP contribution in [0.4, 0.5) is 8.78 Å². The second kappa shape index (κ2) is 5.48. The third kappa shape index (κ3) is 3.17. The SMILES string of the molecule is CC(NC(C)c1ccc(F)cc1F)c1cnn(C)c1. The summed E-state index contributed by atoms with van der Waals surface area (Å²) in [6.07, 6.45) is 3.68. The largest absolute Gasteiger partial charge is 0.303 e. The Kier molecular flexibility index (Phi) is 3.95. The molecular weight excluding hydrogens is 248 g/mol. The van der Waals surface area contributed by atoms with Crippen molar-refractivity contribution >= 4 is 0 Å². The van der Waals surface area contributed by atoms with Gasteiger partial charge in [0.15, 0.2) is 0 Å². The number of hydrogen-bond donors (Lipinski definition) is 1. The fourth-order valence-corrected chi connectivity index (χ4v) is 2.08. The zero-order chi connectivity index (χ0) is 14.0. The maximum Gasteiger partial charge on any atom is 0.130 e. The summed E-state index contributed by atoms with van der Waals surface area (Å²) in [7, 11) is 1.85. The molecule has 0 spiro atoms. The minimum absolute atomic E-state index is 0.0353. The maximum absolute atomic E-state index is 13.7. The van der Waals surface area contributed by atoms with E-state index in [1.807, 2.05) is 27.1 Å². The molecular formula is C14H17F2N3. The molecule has 2 unspecified atom stereocenters. The van der Waals surface area contributed by atoms with Gasteiger partial charge >= 0.3 is 0 Å². The maximum atomic E-state index is 13.7. The van der Waals surface area contributed by atoms with Crippen molar-refractivity contribution in [2.75, 3.05) is 0 Å². The molecule has 102 valence electrons. The third-order valence-corrected chi connectivity index (χ3v) is 3.15. The predicted molar refractivity (Wildman–Crippen MR) is 69.5 cm³/mol. The van der Waals surface area contributed by atoms with Crippen molar-refractivity contribution in [1.29, 1.82) is 0 Å². The van der Waals surface area contributed by atoms with Crippen molar-refractivity contribution in [2.24, 2.45) is 7.05 Å². The number of hydrogen-bond acceptors (Lipinski definition) is 2. The molecule has 1 heterocycles. The van der Waals surface area contributed by atoms with Crippen LogP contribution in [0.25, 0.3) is 0 Å². The standard InChI is InChI=1S/C14H17F2N3/c1-9(11-7-17-19(3)8-11)18-10(2)13-5-4-12(15)6-14(13)16/h4-10,18H,1-3H3. The van der Waals surface area contributed by atoms with Gasteiger partial charge in [0.2, 0.25) is 0 Å². The molecule has 0 amide bonds. The first-order chi connectivity index (χ1) is 8.97. The summed E-state index contributed by atoms with van der Waals surface area (Å²) in [6, 6.07) is 3.47. The summed E-state index contributed by atoms with van der Waals surface area (Å²) >= 11 is 0. The summed E-state index contributed by atoms with van der Waals surface area (Å²) in [5, 5.41) is 7.37. The minimum Gasteiger partial charge on any atom is -0.303 e. The highest BCUT2D eigenvalue weighted by molar-refractivity contribution is 5.22. The van der Waals surface area contributed by atoms with E-state index >= 15 is 0 Å². The predicted octanol–water partition coefficient (Wildman–Crippen LogP) is 3.11. The van der Waals surface area contributed by atoms with E-state index in [0.29, 0.717) is 5.56 Å². The number of benzene rings is 1. The topological polar surface area (TPSA) is 29.9 Å². The van der Waals surface area contributed by atoms with E-state index < -0.39 is 11.6 Å². The quantitative estimate of drug-likeness (QED) is 0.920. The molecule has 0 aliphatic heterocycles. The van der Waals surface area contributed by atoms with Crippen molar-refractivity contribution in [1.82, 2.24) is 15.1 Å². The first-order valence-electron chi connectivity index (χ1n) is 6.17. The molecule has 5 heteroatoms. The van der Waals surface area contributed by atoms with E-state index in [2.05, 4.69) is 10.4 Å². The van der Waals surface area contributed by atoms with Crippen LogP contribution in [0.5, 0.6) is 0 Å². The lowest BCUT2D eigenvalue weighted by atomic mass is 10.1. The average Bonchev–Trinajstić information content (AvgIpc) is 2.75. The van der Waals surface area contributed by atoms with Gasteiger partial charge in [-0.25, -0.2) is 8.78 Å². The molecule has 0 saturated carbocycles. The molecule has 0 saturated heterocycles. The lowest BCUT2D eigenvalue weighted by Crippen LogP contribution is -2.23. The molecule has 0 aliphatic rings. The summed E-state index contributed by atoms with van der Waals surface area (Å²) < 4.78 is 28.3. The minimum atomic E-state index is -0.561. The van der Waals surface area contributed by atoms with E-state index in [9.17, 15) is 8.78 Å². The van der Waals surface area contributed by atoms with Crippen LogP contribution in [-0.2, 0) is 7.05 Å². The van der Waals surface area contributed by atoms with Crippen LogP contribution in [0.2, 0.25) is 0 Å². The number of rotatable bonds is 4. The fourth-order valence-electron chi connectivity index (χ4n) is 2.08. The molecule has 1 N–H and O–H groups in total. The monoisotopic (exact) mass is 265 g/mol. The van der Waals surface area contributed by atoms with Crippen LogP contribution in [0.1, 0.15) is 37.1 Å². The van der Waals surface area contributed by atoms with Gasteiger partial charge in [0.1, 0.15) is 11.6 Å². The van der Waals surface area contributed by atoms with Gasteiger partial charge in [-0.2, -0.15) is 5.10 Å². The first kappa shape index (κ1) is 13.7. The van der Waals surface area contributed by atoms with Crippen LogP contribution in [-0.4, -0.2) is 9.78 Å². The van der Waals surface area contributed by atoms with Crippen molar-refractivity contribution in [3.8, 4) is 0 Å². The Morgan fingerprint density at radius 2 is 1.95 bits per heavy atom. The van der Waals surface area contributed by atoms with Gasteiger partial charge in [-0.05, 0) is 19.9 Å². The van der Waals surface area contributed by atoms with Crippen LogP contribution >= 0.6 is 0 Å². The Morgan fingerprint density at radius 3 is 2.53 bits per heavy atom. The van der Waals surface area contributed by atoms with Crippen LogP contribution in [0.15, 0.2) is 30.6 Å². The van der Waals surface area contributed by atoms with Gasteiger partial charge in [-0.3, -0.25) is 4.68 Å². The molecule has 0 fully saturated rings. The molecule has 3 nitrogen and oxygen atoms in total. The first-order valence-corrected chi connectivity index (χ1v) is 6.17. The number of nitrogens with one attached hydrogen (secondary N) is 1. The van der Waals surface area contributed by atoms with Gasteiger partial charge in [-0.1, -0.05) is 6.07 Å². The van der Waals surface area contributed by atoms with Crippen molar-refractivity contribution in [2.45, 2.75) is 25.9 Å². The molecule has 2 aromatic rings. The van der Waals surface area contributed by atoms with Gasteiger partial charge in [-0.15, -0.1) is 0 Å². The zero-order valence-electron chi connectivity index (χ0n) is 11.2. The number of halogens is 2. The Hall–Kier alpha value is -1.75. The second-order valence-electron chi connectivity index (χ2n) is 4.72. The van der Waals surface area contributed by atoms with E-state index in [1.165, 1.54) is 12.1 Å². The Labute approximate surface area is 111 Å². The highest BCUT2D eigenvalue weighted by Crippen LogP contribution is 2.21. The summed E-state index contributed by atoms with van der Waals surface area (Å²) in [4.78, 5) is 0. The van der Waals surface area contributed by atoms with E-state index in [0.717, 1.165) is 11.6 Å². The fraction of sp³-hybridized carbons (Fsp3) is 0.357. The lowest BCUT2D eigenvalue weighted by molar-refractivity contribution is 0.470. The Balaban J connectivity index is 2.10. The van der Waals surface area contributed by atoms with E-state index in [1.54, 1.807) is 10.9 Å². The Bertz CT molecular complexity index is 566. The van der Waals surface area contributed by atoms with Gasteiger partial charge in [0.05, 0.1) is 6.20 Å². The summed E-state index contributed by atoms with van der Waals surface area (Å²) in [5.41, 5.74) is 1.48. The van der Waals surface area contributed by atoms with Crippen LogP contribution < -0.4 is 5.32 Å². The van der Waals surface area contributed by atoms with Gasteiger partial charge in [0, 0.05) is 42.5 Å². The van der Waals surface area contributed by atoms with Gasteiger partial charge < -0.3 is 5.32 Å². The number of aromatic nitrogens is 2. The highest BCUT2D eigenvalue weighted by Gasteiger charge is 2.15. The normalized spacial score (nSPS) is 14.4. The highest BCUT2D eigenvalue weighted by atomic mass is 19.1. The van der Waals surface area contributed by atoms with E-state index in [-0.39, 0.29) is 12.1 Å². The number of aryl methyl sites for hydroxylation is 1. The molecule has 0 aliphatic carbocycles. The van der Waals surface area contributed by atoms with Crippen molar-refractivity contribution in [3.05, 3.63) is 53.4 Å². The van der Waals surface area contributed by atoms with E-state index in [4.69, 9.17) is 0 Å². The average molecular weight is 265 g/mol. The second-order valence-corrected chi connectivity index (χ2v) is 4.72. The van der Waals surface area contributed by atoms with Crippen LogP contribution in [0, 0.1) is 11.6 Å². The third-order valence-electron chi connectivity index (χ3n) is 3.15. The molecule has 19 heavy (non-hydrogen) atoms. The van der Waals surface area contributed by atoms with Crippen molar-refractivity contribution in [3.63, 3.8) is 0 Å². The van der Waals surface area contributed by atoms with Crippen LogP contribution in [0.3, 0.4) is 0 Å². The Morgan fingerprint density at radius 1 is 1.21 bits per heavy atom. The molecule has 2 rings (SSSR count). The smallest absolute Gasteiger partial charge is 0.130 e.